The molecule has 1 aromatic rings. The smallest absolute Gasteiger partial charge is 0.318 e. The van der Waals surface area contributed by atoms with Crippen molar-refractivity contribution in [3.8, 4) is 0 Å². The molecule has 1 heterocycles. The first-order valence-electron chi connectivity index (χ1n) is 7.20. The van der Waals surface area contributed by atoms with Crippen molar-refractivity contribution < 1.29 is 4.79 Å². The summed E-state index contributed by atoms with van der Waals surface area (Å²) >= 11 is 0. The summed E-state index contributed by atoms with van der Waals surface area (Å²) in [4.78, 5) is 13.7. The Morgan fingerprint density at radius 1 is 1.26 bits per heavy atom. The van der Waals surface area contributed by atoms with Crippen LogP contribution in [0.15, 0.2) is 24.3 Å². The van der Waals surface area contributed by atoms with Gasteiger partial charge in [-0.1, -0.05) is 38.1 Å². The zero-order valence-electron chi connectivity index (χ0n) is 12.3. The highest BCUT2D eigenvalue weighted by Gasteiger charge is 2.31. The molecule has 2 atom stereocenters. The maximum atomic E-state index is 11.8. The molecule has 1 aliphatic heterocycles. The zero-order valence-corrected chi connectivity index (χ0v) is 12.3. The van der Waals surface area contributed by atoms with Crippen molar-refractivity contribution in [3.05, 3.63) is 35.4 Å². The van der Waals surface area contributed by atoms with Gasteiger partial charge in [-0.2, -0.15) is 0 Å². The van der Waals surface area contributed by atoms with Crippen LogP contribution in [-0.2, 0) is 0 Å². The van der Waals surface area contributed by atoms with Crippen molar-refractivity contribution in [2.75, 3.05) is 6.54 Å². The third kappa shape index (κ3) is 2.91. The number of nitrogens with zero attached hydrogens (tertiary/aromatic N) is 1. The average molecular weight is 260 g/mol. The lowest BCUT2D eigenvalue weighted by atomic mass is 9.96. The van der Waals surface area contributed by atoms with Gasteiger partial charge in [0.15, 0.2) is 0 Å². The molecule has 0 radical (unpaired) electrons. The molecule has 1 N–H and O–H groups in total. The van der Waals surface area contributed by atoms with Gasteiger partial charge in [-0.3, -0.25) is 0 Å². The lowest BCUT2D eigenvalue weighted by Gasteiger charge is -2.19. The third-order valence-electron chi connectivity index (χ3n) is 4.08. The SMILES string of the molecule is CCC(C)c1ccc(C2CN(C(C)C)C(=O)N2)cc1. The number of amides is 2. The maximum absolute atomic E-state index is 11.8. The minimum atomic E-state index is 0.0472. The van der Waals surface area contributed by atoms with E-state index in [1.165, 1.54) is 11.1 Å². The van der Waals surface area contributed by atoms with Crippen LogP contribution >= 0.6 is 0 Å². The van der Waals surface area contributed by atoms with Gasteiger partial charge in [0.2, 0.25) is 0 Å². The van der Waals surface area contributed by atoms with Gasteiger partial charge >= 0.3 is 6.03 Å². The van der Waals surface area contributed by atoms with Gasteiger partial charge in [0, 0.05) is 12.6 Å². The van der Waals surface area contributed by atoms with E-state index in [-0.39, 0.29) is 18.1 Å². The predicted octanol–water partition coefficient (Wildman–Crippen LogP) is 3.67. The molecule has 0 aliphatic carbocycles. The number of urea groups is 1. The number of hydrogen-bond donors (Lipinski definition) is 1. The third-order valence-corrected chi connectivity index (χ3v) is 4.08. The minimum absolute atomic E-state index is 0.0472. The molecule has 2 amide bonds. The molecule has 1 fully saturated rings. The van der Waals surface area contributed by atoms with Crippen molar-refractivity contribution in [2.24, 2.45) is 0 Å². The van der Waals surface area contributed by atoms with Gasteiger partial charge in [-0.25, -0.2) is 4.79 Å². The summed E-state index contributed by atoms with van der Waals surface area (Å²) in [5, 5.41) is 3.05. The van der Waals surface area contributed by atoms with E-state index in [9.17, 15) is 4.79 Å². The number of rotatable bonds is 4. The summed E-state index contributed by atoms with van der Waals surface area (Å²) in [6, 6.07) is 9.10. The first-order valence-corrected chi connectivity index (χ1v) is 7.20. The Morgan fingerprint density at radius 3 is 2.37 bits per heavy atom. The Bertz CT molecular complexity index is 439. The highest BCUT2D eigenvalue weighted by molar-refractivity contribution is 5.77. The second-order valence-electron chi connectivity index (χ2n) is 5.72. The number of nitrogens with one attached hydrogen (secondary N) is 1. The Morgan fingerprint density at radius 2 is 1.89 bits per heavy atom. The summed E-state index contributed by atoms with van der Waals surface area (Å²) in [5.74, 6) is 0.597. The topological polar surface area (TPSA) is 32.3 Å². The van der Waals surface area contributed by atoms with Crippen molar-refractivity contribution in [1.82, 2.24) is 10.2 Å². The van der Waals surface area contributed by atoms with Gasteiger partial charge in [0.1, 0.15) is 0 Å². The number of carbonyl (C=O) groups excluding carboxylic acids is 1. The first-order chi connectivity index (χ1) is 9.02. The molecule has 0 bridgehead atoms. The molecule has 1 aromatic carbocycles. The van der Waals surface area contributed by atoms with E-state index in [0.717, 1.165) is 13.0 Å². The molecule has 0 spiro atoms. The van der Waals surface area contributed by atoms with Crippen molar-refractivity contribution >= 4 is 6.03 Å². The van der Waals surface area contributed by atoms with E-state index in [1.807, 2.05) is 18.7 Å². The van der Waals surface area contributed by atoms with E-state index >= 15 is 0 Å². The lowest BCUT2D eigenvalue weighted by molar-refractivity contribution is 0.206. The van der Waals surface area contributed by atoms with Crippen molar-refractivity contribution in [2.45, 2.75) is 52.1 Å². The molecule has 3 heteroatoms. The second kappa shape index (κ2) is 5.64. The highest BCUT2D eigenvalue weighted by Crippen LogP contribution is 2.25. The summed E-state index contributed by atoms with van der Waals surface area (Å²) < 4.78 is 0. The van der Waals surface area contributed by atoms with Gasteiger partial charge in [-0.15, -0.1) is 0 Å². The van der Waals surface area contributed by atoms with Crippen LogP contribution < -0.4 is 5.32 Å². The van der Waals surface area contributed by atoms with Crippen LogP contribution in [0.1, 0.15) is 57.2 Å². The van der Waals surface area contributed by atoms with E-state index in [0.29, 0.717) is 5.92 Å². The van der Waals surface area contributed by atoms with E-state index in [1.54, 1.807) is 0 Å². The lowest BCUT2D eigenvalue weighted by Crippen LogP contribution is -2.33. The molecule has 19 heavy (non-hydrogen) atoms. The van der Waals surface area contributed by atoms with Crippen LogP contribution in [0.2, 0.25) is 0 Å². The van der Waals surface area contributed by atoms with Gasteiger partial charge < -0.3 is 10.2 Å². The quantitative estimate of drug-likeness (QED) is 0.880. The fraction of sp³-hybridized carbons (Fsp3) is 0.562. The second-order valence-corrected chi connectivity index (χ2v) is 5.72. The Kier molecular flexibility index (Phi) is 4.13. The van der Waals surface area contributed by atoms with Crippen LogP contribution in [0.4, 0.5) is 4.79 Å². The van der Waals surface area contributed by atoms with Crippen LogP contribution in [0.3, 0.4) is 0 Å². The first kappa shape index (κ1) is 13.9. The zero-order chi connectivity index (χ0) is 14.0. The molecular formula is C16H24N2O. The van der Waals surface area contributed by atoms with Gasteiger partial charge in [-0.05, 0) is 37.3 Å². The summed E-state index contributed by atoms with van der Waals surface area (Å²) in [7, 11) is 0. The van der Waals surface area contributed by atoms with Crippen LogP contribution in [-0.4, -0.2) is 23.5 Å². The maximum Gasteiger partial charge on any atom is 0.318 e. The van der Waals surface area contributed by atoms with Gasteiger partial charge in [0.25, 0.3) is 0 Å². The highest BCUT2D eigenvalue weighted by atomic mass is 16.2. The number of hydrogen-bond acceptors (Lipinski definition) is 1. The van der Waals surface area contributed by atoms with Crippen molar-refractivity contribution in [3.63, 3.8) is 0 Å². The fourth-order valence-corrected chi connectivity index (χ4v) is 2.48. The molecule has 1 saturated heterocycles. The standard InChI is InChI=1S/C16H24N2O/c1-5-12(4)13-6-8-14(9-7-13)15-10-18(11(2)3)16(19)17-15/h6-9,11-12,15H,5,10H2,1-4H3,(H,17,19). The fourth-order valence-electron chi connectivity index (χ4n) is 2.48. The molecule has 2 rings (SSSR count). The van der Waals surface area contributed by atoms with E-state index in [4.69, 9.17) is 0 Å². The Labute approximate surface area is 116 Å². The molecule has 2 unspecified atom stereocenters. The van der Waals surface area contributed by atoms with Crippen LogP contribution in [0, 0.1) is 0 Å². The minimum Gasteiger partial charge on any atom is -0.329 e. The summed E-state index contributed by atoms with van der Waals surface area (Å²) in [6.07, 6.45) is 1.15. The van der Waals surface area contributed by atoms with E-state index in [2.05, 4.69) is 43.4 Å². The molecule has 1 aliphatic rings. The molecule has 0 aromatic heterocycles. The largest absolute Gasteiger partial charge is 0.329 e. The molecule has 0 saturated carbocycles. The summed E-state index contributed by atoms with van der Waals surface area (Å²) in [6.45, 7) is 9.31. The van der Waals surface area contributed by atoms with Crippen LogP contribution in [0.25, 0.3) is 0 Å². The molecule has 104 valence electrons. The van der Waals surface area contributed by atoms with E-state index < -0.39 is 0 Å². The number of benzene rings is 1. The van der Waals surface area contributed by atoms with Crippen LogP contribution in [0.5, 0.6) is 0 Å². The number of carbonyl (C=O) groups is 1. The summed E-state index contributed by atoms with van der Waals surface area (Å²) in [5.41, 5.74) is 2.57. The Hall–Kier alpha value is -1.51. The predicted molar refractivity (Wildman–Crippen MR) is 78.3 cm³/mol. The molecule has 3 nitrogen and oxygen atoms in total. The average Bonchev–Trinajstić information content (AvgIpc) is 2.80. The monoisotopic (exact) mass is 260 g/mol. The normalized spacial score (nSPS) is 20.8. The molecular weight excluding hydrogens is 236 g/mol. The Balaban J connectivity index is 2.09. The van der Waals surface area contributed by atoms with Crippen molar-refractivity contribution in [1.29, 1.82) is 0 Å². The van der Waals surface area contributed by atoms with Gasteiger partial charge in [0.05, 0.1) is 6.04 Å².